The zero-order valence-corrected chi connectivity index (χ0v) is 14.5. The summed E-state index contributed by atoms with van der Waals surface area (Å²) in [6.45, 7) is 2.77. The van der Waals surface area contributed by atoms with Crippen LogP contribution in [-0.4, -0.2) is 35.3 Å². The summed E-state index contributed by atoms with van der Waals surface area (Å²) >= 11 is -2.69. The van der Waals surface area contributed by atoms with E-state index < -0.39 is 17.4 Å². The predicted molar refractivity (Wildman–Crippen MR) is 80.8 cm³/mol. The normalized spacial score (nSPS) is 21.8. The van der Waals surface area contributed by atoms with Crippen LogP contribution in [0.1, 0.15) is 12.5 Å². The molecule has 1 heterocycles. The number of amidine groups is 1. The molecule has 1 N–H and O–H groups in total. The Labute approximate surface area is 115 Å². The minimum atomic E-state index is -2.69. The molecule has 2 rings (SSSR count). The Balaban J connectivity index is 2.35. The molecule has 1 aromatic carbocycles. The molecule has 0 aliphatic carbocycles. The number of para-hydroxylation sites is 1. The second-order valence-electron chi connectivity index (χ2n) is 4.29. The molecule has 0 saturated carbocycles. The third-order valence-corrected chi connectivity index (χ3v) is 11.6. The fraction of sp³-hybridized carbons (Fsp3) is 0.333. The maximum atomic E-state index is 6.24. The molecule has 4 nitrogen and oxygen atoms in total. The van der Waals surface area contributed by atoms with Crippen molar-refractivity contribution < 1.29 is 3.07 Å². The monoisotopic (exact) mass is 371 g/mol. The van der Waals surface area contributed by atoms with Gasteiger partial charge in [0.05, 0.1) is 0 Å². The van der Waals surface area contributed by atoms with Gasteiger partial charge in [0, 0.05) is 0 Å². The molecule has 0 spiro atoms. The summed E-state index contributed by atoms with van der Waals surface area (Å²) in [5.74, 6) is 0.925. The van der Waals surface area contributed by atoms with Crippen LogP contribution in [0.25, 0.3) is 0 Å². The van der Waals surface area contributed by atoms with Gasteiger partial charge in [-0.2, -0.15) is 0 Å². The van der Waals surface area contributed by atoms with Crippen molar-refractivity contribution in [2.45, 2.75) is 16.8 Å². The fourth-order valence-electron chi connectivity index (χ4n) is 1.59. The number of hydrazone groups is 1. The Kier molecular flexibility index (Phi) is 4.55. The standard InChI is InChI=1S/C10H13N3OS.2CH3.Sn/c1-2-11-10(15)13-12-7-8-5-3-4-6-9(8)14;;;/h3-7,14H,2H2,1H3,(H2,11,13,15);2*1H3;/q;;;+2/p-2/b12-7-;;;. The fourth-order valence-corrected chi connectivity index (χ4v) is 10.3. The average molecular weight is 370 g/mol. The average Bonchev–Trinajstić information content (AvgIpc) is 2.35. The summed E-state index contributed by atoms with van der Waals surface area (Å²) < 4.78 is 6.24. The Hall–Kier alpha value is -0.691. The van der Waals surface area contributed by atoms with Gasteiger partial charge in [-0.1, -0.05) is 0 Å². The van der Waals surface area contributed by atoms with Crippen LogP contribution in [0.3, 0.4) is 0 Å². The van der Waals surface area contributed by atoms with Gasteiger partial charge >= 0.3 is 115 Å². The van der Waals surface area contributed by atoms with Gasteiger partial charge in [0.25, 0.3) is 0 Å². The van der Waals surface area contributed by atoms with Crippen molar-refractivity contribution in [3.8, 4) is 5.75 Å². The van der Waals surface area contributed by atoms with Gasteiger partial charge in [-0.15, -0.1) is 0 Å². The van der Waals surface area contributed by atoms with Crippen LogP contribution < -0.4 is 8.50 Å². The van der Waals surface area contributed by atoms with Crippen molar-refractivity contribution in [2.24, 2.45) is 10.1 Å². The SMILES string of the molecule is CCN=C1N/N=C\c2ccccc2[O][Sn]([CH3])([CH3])[S]1. The third kappa shape index (κ3) is 3.65. The topological polar surface area (TPSA) is 46.0 Å². The summed E-state index contributed by atoms with van der Waals surface area (Å²) in [6.07, 6.45) is 1.79. The number of nitrogens with zero attached hydrogens (tertiary/aromatic N) is 2. The molecule has 96 valence electrons. The molecule has 0 unspecified atom stereocenters. The minimum absolute atomic E-state index is 0.750. The number of benzene rings is 1. The van der Waals surface area contributed by atoms with E-state index in [2.05, 4.69) is 25.4 Å². The van der Waals surface area contributed by atoms with E-state index in [4.69, 9.17) is 3.07 Å². The summed E-state index contributed by atoms with van der Waals surface area (Å²) in [7, 11) is 1.74. The molecule has 1 aliphatic rings. The van der Waals surface area contributed by atoms with E-state index in [1.54, 1.807) is 15.2 Å². The maximum absolute atomic E-state index is 6.24. The van der Waals surface area contributed by atoms with Crippen LogP contribution in [0, 0.1) is 0 Å². The van der Waals surface area contributed by atoms with Crippen molar-refractivity contribution >= 4 is 37.7 Å². The van der Waals surface area contributed by atoms with Gasteiger partial charge in [-0.3, -0.25) is 0 Å². The molecule has 0 saturated heterocycles. The molecule has 0 aromatic heterocycles. The number of aliphatic imine (C=N–C) groups is 1. The molecule has 0 radical (unpaired) electrons. The van der Waals surface area contributed by atoms with E-state index in [1.807, 2.05) is 31.2 Å². The van der Waals surface area contributed by atoms with E-state index in [-0.39, 0.29) is 0 Å². The Bertz CT molecular complexity index is 488. The zero-order chi connectivity index (χ0) is 13.0. The number of hydrogen-bond donors (Lipinski definition) is 1. The molecule has 1 aromatic rings. The van der Waals surface area contributed by atoms with Crippen LogP contribution in [-0.2, 0) is 0 Å². The first-order valence-corrected chi connectivity index (χ1v) is 17.1. The number of nitrogens with one attached hydrogen (secondary N) is 1. The van der Waals surface area contributed by atoms with Crippen molar-refractivity contribution in [1.82, 2.24) is 5.43 Å². The Morgan fingerprint density at radius 1 is 1.39 bits per heavy atom. The van der Waals surface area contributed by atoms with Crippen molar-refractivity contribution in [3.05, 3.63) is 29.8 Å². The quantitative estimate of drug-likeness (QED) is 0.774. The predicted octanol–water partition coefficient (Wildman–Crippen LogP) is 2.81. The molecular weight excluding hydrogens is 353 g/mol. The van der Waals surface area contributed by atoms with Crippen LogP contribution >= 0.6 is 8.95 Å². The van der Waals surface area contributed by atoms with E-state index in [9.17, 15) is 0 Å². The third-order valence-electron chi connectivity index (χ3n) is 2.28. The molecular formula is C12H17N3OSSn. The second-order valence-corrected chi connectivity index (χ2v) is 21.8. The molecule has 0 atom stereocenters. The van der Waals surface area contributed by atoms with E-state index in [1.165, 1.54) is 0 Å². The summed E-state index contributed by atoms with van der Waals surface area (Å²) in [5.41, 5.74) is 4.02. The van der Waals surface area contributed by atoms with Gasteiger partial charge in [0.1, 0.15) is 0 Å². The number of hydrogen-bond acceptors (Lipinski definition) is 4. The van der Waals surface area contributed by atoms with Crippen LogP contribution in [0.15, 0.2) is 34.4 Å². The number of rotatable bonds is 1. The zero-order valence-electron chi connectivity index (χ0n) is 10.8. The first-order chi connectivity index (χ1) is 8.61. The van der Waals surface area contributed by atoms with Gasteiger partial charge in [-0.25, -0.2) is 0 Å². The first-order valence-electron chi connectivity index (χ1n) is 5.91. The molecule has 0 bridgehead atoms. The molecule has 6 heteroatoms. The van der Waals surface area contributed by atoms with Crippen molar-refractivity contribution in [2.75, 3.05) is 6.54 Å². The van der Waals surface area contributed by atoms with E-state index in [0.29, 0.717) is 0 Å². The van der Waals surface area contributed by atoms with Crippen LogP contribution in [0.4, 0.5) is 0 Å². The molecule has 0 fully saturated rings. The summed E-state index contributed by atoms with van der Waals surface area (Å²) in [5, 5.41) is 5.09. The van der Waals surface area contributed by atoms with Gasteiger partial charge < -0.3 is 0 Å². The van der Waals surface area contributed by atoms with Gasteiger partial charge in [0.2, 0.25) is 0 Å². The summed E-state index contributed by atoms with van der Waals surface area (Å²) in [6, 6.07) is 7.99. The van der Waals surface area contributed by atoms with Crippen LogP contribution in [0.5, 0.6) is 5.75 Å². The molecule has 1 aliphatic heterocycles. The molecule has 0 amide bonds. The second kappa shape index (κ2) is 5.97. The van der Waals surface area contributed by atoms with Gasteiger partial charge in [0.15, 0.2) is 0 Å². The van der Waals surface area contributed by atoms with Crippen molar-refractivity contribution in [3.63, 3.8) is 0 Å². The summed E-state index contributed by atoms with van der Waals surface area (Å²) in [4.78, 5) is 8.87. The van der Waals surface area contributed by atoms with Crippen LogP contribution in [0.2, 0.25) is 9.88 Å². The Morgan fingerprint density at radius 3 is 2.94 bits per heavy atom. The van der Waals surface area contributed by atoms with Gasteiger partial charge in [-0.05, 0) is 0 Å². The first kappa shape index (κ1) is 13.7. The van der Waals surface area contributed by atoms with Crippen molar-refractivity contribution in [1.29, 1.82) is 0 Å². The van der Waals surface area contributed by atoms with E-state index >= 15 is 0 Å². The van der Waals surface area contributed by atoms with E-state index in [0.717, 1.165) is 23.0 Å². The Morgan fingerprint density at radius 2 is 2.17 bits per heavy atom. The molecule has 18 heavy (non-hydrogen) atoms. The number of fused-ring (bicyclic) bond motifs is 1.